The summed E-state index contributed by atoms with van der Waals surface area (Å²) in [5.74, 6) is 0. The zero-order valence-electron chi connectivity index (χ0n) is 14.3. The van der Waals surface area contributed by atoms with Crippen LogP contribution in [0.1, 0.15) is 26.3 Å². The number of ether oxygens (including phenoxy) is 1. The molecule has 0 aromatic heterocycles. The van der Waals surface area contributed by atoms with Gasteiger partial charge < -0.3 is 14.7 Å². The molecule has 1 N–H and O–H groups in total. The van der Waals surface area contributed by atoms with Crippen LogP contribution in [-0.2, 0) is 4.74 Å². The van der Waals surface area contributed by atoms with Gasteiger partial charge in [0, 0.05) is 32.7 Å². The van der Waals surface area contributed by atoms with E-state index in [0.717, 1.165) is 37.4 Å². The minimum absolute atomic E-state index is 0.222. The second-order valence-electron chi connectivity index (χ2n) is 6.99. The van der Waals surface area contributed by atoms with Crippen molar-refractivity contribution >= 4 is 5.69 Å². The molecule has 23 heavy (non-hydrogen) atoms. The van der Waals surface area contributed by atoms with Gasteiger partial charge in [-0.1, -0.05) is 12.1 Å². The third kappa shape index (κ3) is 5.51. The average Bonchev–Trinajstić information content (AvgIpc) is 2.53. The van der Waals surface area contributed by atoms with E-state index in [1.54, 1.807) is 0 Å². The summed E-state index contributed by atoms with van der Waals surface area (Å²) < 4.78 is 5.63. The number of rotatable bonds is 5. The molecule has 1 aliphatic rings. The molecule has 1 heterocycles. The summed E-state index contributed by atoms with van der Waals surface area (Å²) in [6, 6.07) is 9.97. The molecule has 126 valence electrons. The molecule has 0 bridgehead atoms. The maximum Gasteiger partial charge on any atom is 0.101 e. The SMILES string of the molecule is CC(C)(C)OC[C@H](O)CN1CCN(c2ccccc2C#N)CC1. The summed E-state index contributed by atoms with van der Waals surface area (Å²) >= 11 is 0. The van der Waals surface area contributed by atoms with Crippen LogP contribution in [-0.4, -0.2) is 61.0 Å². The number of piperazine rings is 1. The van der Waals surface area contributed by atoms with E-state index in [-0.39, 0.29) is 5.60 Å². The molecule has 0 radical (unpaired) electrons. The summed E-state index contributed by atoms with van der Waals surface area (Å²) in [4.78, 5) is 4.50. The lowest BCUT2D eigenvalue weighted by Gasteiger charge is -2.37. The van der Waals surface area contributed by atoms with Crippen molar-refractivity contribution in [2.75, 3.05) is 44.2 Å². The van der Waals surface area contributed by atoms with Crippen LogP contribution in [0.25, 0.3) is 0 Å². The van der Waals surface area contributed by atoms with Crippen molar-refractivity contribution in [1.29, 1.82) is 5.26 Å². The van der Waals surface area contributed by atoms with Gasteiger partial charge in [-0.2, -0.15) is 5.26 Å². The molecular formula is C18H27N3O2. The van der Waals surface area contributed by atoms with Gasteiger partial charge in [0.15, 0.2) is 0 Å². The van der Waals surface area contributed by atoms with Crippen LogP contribution in [0.3, 0.4) is 0 Å². The van der Waals surface area contributed by atoms with Gasteiger partial charge in [-0.05, 0) is 32.9 Å². The Morgan fingerprint density at radius 1 is 1.22 bits per heavy atom. The molecule has 0 unspecified atom stereocenters. The van der Waals surface area contributed by atoms with E-state index in [9.17, 15) is 10.4 Å². The maximum atomic E-state index is 10.1. The first kappa shape index (κ1) is 17.7. The van der Waals surface area contributed by atoms with E-state index < -0.39 is 6.10 Å². The fourth-order valence-electron chi connectivity index (χ4n) is 2.71. The second-order valence-corrected chi connectivity index (χ2v) is 6.99. The first-order valence-corrected chi connectivity index (χ1v) is 8.17. The number of para-hydroxylation sites is 1. The van der Waals surface area contributed by atoms with Gasteiger partial charge in [0.05, 0.1) is 29.6 Å². The lowest BCUT2D eigenvalue weighted by Crippen LogP contribution is -2.49. The Labute approximate surface area is 139 Å². The van der Waals surface area contributed by atoms with Crippen molar-refractivity contribution in [3.8, 4) is 6.07 Å². The van der Waals surface area contributed by atoms with Crippen molar-refractivity contribution in [3.05, 3.63) is 29.8 Å². The van der Waals surface area contributed by atoms with Crippen molar-refractivity contribution in [2.45, 2.75) is 32.5 Å². The predicted molar refractivity (Wildman–Crippen MR) is 91.5 cm³/mol. The van der Waals surface area contributed by atoms with Crippen molar-refractivity contribution < 1.29 is 9.84 Å². The number of hydrogen-bond donors (Lipinski definition) is 1. The van der Waals surface area contributed by atoms with Crippen LogP contribution in [0.4, 0.5) is 5.69 Å². The smallest absolute Gasteiger partial charge is 0.101 e. The molecule has 0 amide bonds. The molecule has 1 atom stereocenters. The monoisotopic (exact) mass is 317 g/mol. The van der Waals surface area contributed by atoms with E-state index in [1.165, 1.54) is 0 Å². The van der Waals surface area contributed by atoms with Crippen LogP contribution in [0, 0.1) is 11.3 Å². The molecule has 1 aromatic carbocycles. The number of hydrogen-bond acceptors (Lipinski definition) is 5. The first-order valence-electron chi connectivity index (χ1n) is 8.17. The molecule has 0 saturated carbocycles. The van der Waals surface area contributed by atoms with E-state index >= 15 is 0 Å². The molecule has 1 saturated heterocycles. The van der Waals surface area contributed by atoms with Gasteiger partial charge >= 0.3 is 0 Å². The fourth-order valence-corrected chi connectivity index (χ4v) is 2.71. The van der Waals surface area contributed by atoms with Crippen molar-refractivity contribution in [3.63, 3.8) is 0 Å². The Kier molecular flexibility index (Phi) is 6.00. The average molecular weight is 317 g/mol. The largest absolute Gasteiger partial charge is 0.389 e. The summed E-state index contributed by atoms with van der Waals surface area (Å²) in [6.45, 7) is 10.5. The van der Waals surface area contributed by atoms with E-state index in [2.05, 4.69) is 15.9 Å². The third-order valence-corrected chi connectivity index (χ3v) is 3.92. The summed E-state index contributed by atoms with van der Waals surface area (Å²) in [5, 5.41) is 19.3. The highest BCUT2D eigenvalue weighted by Gasteiger charge is 2.22. The normalized spacial score (nSPS) is 17.8. The summed E-state index contributed by atoms with van der Waals surface area (Å²) in [7, 11) is 0. The van der Waals surface area contributed by atoms with Gasteiger partial charge in [-0.15, -0.1) is 0 Å². The van der Waals surface area contributed by atoms with Crippen LogP contribution < -0.4 is 4.90 Å². The van der Waals surface area contributed by atoms with Gasteiger partial charge in [0.25, 0.3) is 0 Å². The van der Waals surface area contributed by atoms with Gasteiger partial charge in [-0.25, -0.2) is 0 Å². The minimum Gasteiger partial charge on any atom is -0.389 e. The topological polar surface area (TPSA) is 59.7 Å². The second kappa shape index (κ2) is 7.78. The molecule has 1 fully saturated rings. The highest BCUT2D eigenvalue weighted by molar-refractivity contribution is 5.59. The quantitative estimate of drug-likeness (QED) is 0.898. The lowest BCUT2D eigenvalue weighted by molar-refractivity contribution is -0.0563. The fraction of sp³-hybridized carbons (Fsp3) is 0.611. The minimum atomic E-state index is -0.466. The summed E-state index contributed by atoms with van der Waals surface area (Å²) in [5.41, 5.74) is 1.51. The molecule has 1 aromatic rings. The number of aliphatic hydroxyl groups excluding tert-OH is 1. The van der Waals surface area contributed by atoms with Crippen molar-refractivity contribution in [2.24, 2.45) is 0 Å². The van der Waals surface area contributed by atoms with Crippen LogP contribution in [0.2, 0.25) is 0 Å². The number of aliphatic hydroxyl groups is 1. The molecular weight excluding hydrogens is 290 g/mol. The van der Waals surface area contributed by atoms with Crippen LogP contribution in [0.5, 0.6) is 0 Å². The van der Waals surface area contributed by atoms with Gasteiger partial charge in [-0.3, -0.25) is 4.90 Å². The number of benzene rings is 1. The Balaban J connectivity index is 1.81. The lowest BCUT2D eigenvalue weighted by atomic mass is 10.1. The van der Waals surface area contributed by atoms with Crippen LogP contribution in [0.15, 0.2) is 24.3 Å². The van der Waals surface area contributed by atoms with E-state index in [0.29, 0.717) is 13.2 Å². The standard InChI is InChI=1S/C18H27N3O2/c1-18(2,3)23-14-16(22)13-20-8-10-21(11-9-20)17-7-5-4-6-15(17)12-19/h4-7,16,22H,8-11,13-14H2,1-3H3/t16-/m1/s1. The molecule has 5 heteroatoms. The highest BCUT2D eigenvalue weighted by Crippen LogP contribution is 2.21. The molecule has 0 spiro atoms. The molecule has 2 rings (SSSR count). The molecule has 1 aliphatic heterocycles. The number of anilines is 1. The highest BCUT2D eigenvalue weighted by atomic mass is 16.5. The van der Waals surface area contributed by atoms with Gasteiger partial charge in [0.2, 0.25) is 0 Å². The summed E-state index contributed by atoms with van der Waals surface area (Å²) in [6.07, 6.45) is -0.466. The molecule has 0 aliphatic carbocycles. The van der Waals surface area contributed by atoms with E-state index in [4.69, 9.17) is 4.74 Å². The third-order valence-electron chi connectivity index (χ3n) is 3.92. The Morgan fingerprint density at radius 2 is 1.87 bits per heavy atom. The maximum absolute atomic E-state index is 10.1. The predicted octanol–water partition coefficient (Wildman–Crippen LogP) is 1.86. The zero-order chi connectivity index (χ0) is 16.9. The Morgan fingerprint density at radius 3 is 2.48 bits per heavy atom. The van der Waals surface area contributed by atoms with Crippen molar-refractivity contribution in [1.82, 2.24) is 4.90 Å². The Hall–Kier alpha value is -1.61. The number of nitriles is 1. The number of nitrogens with zero attached hydrogens (tertiary/aromatic N) is 3. The van der Waals surface area contributed by atoms with Gasteiger partial charge in [0.1, 0.15) is 6.07 Å². The first-order chi connectivity index (χ1) is 10.9. The number of β-amino-alcohol motifs (C(OH)–C–C–N with tert-alkyl or cyclic N) is 1. The van der Waals surface area contributed by atoms with Crippen LogP contribution >= 0.6 is 0 Å². The van der Waals surface area contributed by atoms with E-state index in [1.807, 2.05) is 45.0 Å². The molecule has 5 nitrogen and oxygen atoms in total. The zero-order valence-corrected chi connectivity index (χ0v) is 14.3. The Bertz CT molecular complexity index is 540.